The fourth-order valence-corrected chi connectivity index (χ4v) is 2.69. The Morgan fingerprint density at radius 3 is 2.29 bits per heavy atom. The van der Waals surface area contributed by atoms with Gasteiger partial charge in [-0.3, -0.25) is 9.48 Å². The van der Waals surface area contributed by atoms with Gasteiger partial charge in [-0.15, -0.1) is 0 Å². The predicted octanol–water partition coefficient (Wildman–Crippen LogP) is 0.937. The molecule has 1 amide bonds. The maximum absolute atomic E-state index is 12.1. The lowest BCUT2D eigenvalue weighted by Gasteiger charge is -2.12. The number of nitrogens with zero attached hydrogens (tertiary/aromatic N) is 2. The second-order valence-electron chi connectivity index (χ2n) is 4.83. The molecule has 0 aliphatic heterocycles. The van der Waals surface area contributed by atoms with Gasteiger partial charge in [0.15, 0.2) is 0 Å². The molecule has 0 unspecified atom stereocenters. The number of anilines is 1. The van der Waals surface area contributed by atoms with Crippen molar-refractivity contribution in [3.63, 3.8) is 0 Å². The number of nitrogens with two attached hydrogens (primary N) is 1. The number of hydrogen-bond acceptors (Lipinski definition) is 4. The van der Waals surface area contributed by atoms with Gasteiger partial charge in [0.1, 0.15) is 0 Å². The predicted molar refractivity (Wildman–Crippen MR) is 78.5 cm³/mol. The van der Waals surface area contributed by atoms with Crippen LogP contribution in [0.4, 0.5) is 5.69 Å². The van der Waals surface area contributed by atoms with Crippen LogP contribution < -0.4 is 10.5 Å². The molecule has 2 rings (SSSR count). The van der Waals surface area contributed by atoms with Crippen LogP contribution in [-0.2, 0) is 17.1 Å². The molecule has 0 saturated carbocycles. The third-order valence-corrected chi connectivity index (χ3v) is 3.93. The highest BCUT2D eigenvalue weighted by atomic mass is 32.2. The first-order chi connectivity index (χ1) is 9.68. The van der Waals surface area contributed by atoms with Crippen LogP contribution in [-0.4, -0.2) is 24.1 Å². The largest absolute Gasteiger partial charge is 0.321 e. The van der Waals surface area contributed by atoms with Crippen molar-refractivity contribution in [3.8, 4) is 0 Å². The van der Waals surface area contributed by atoms with Crippen LogP contribution in [0.3, 0.4) is 0 Å². The number of hydrogen-bond donors (Lipinski definition) is 2. The number of aryl methyl sites for hydroxylation is 3. The van der Waals surface area contributed by atoms with Crippen LogP contribution in [0.25, 0.3) is 0 Å². The number of benzene rings is 1. The average Bonchev–Trinajstić information content (AvgIpc) is 2.79. The molecule has 0 radical (unpaired) electrons. The molecule has 3 N–H and O–H groups in total. The molecule has 21 heavy (non-hydrogen) atoms. The Labute approximate surface area is 122 Å². The van der Waals surface area contributed by atoms with Crippen LogP contribution in [0.1, 0.15) is 21.5 Å². The van der Waals surface area contributed by atoms with E-state index >= 15 is 0 Å². The fourth-order valence-electron chi connectivity index (χ4n) is 2.01. The van der Waals surface area contributed by atoms with Crippen molar-refractivity contribution in [2.45, 2.75) is 18.7 Å². The Bertz CT molecular complexity index is 786. The Morgan fingerprint density at radius 2 is 1.86 bits per heavy atom. The topological polar surface area (TPSA) is 107 Å². The van der Waals surface area contributed by atoms with E-state index in [0.29, 0.717) is 22.4 Å². The molecular formula is C13H16N4O3S. The summed E-state index contributed by atoms with van der Waals surface area (Å²) in [7, 11) is -2.05. The van der Waals surface area contributed by atoms with E-state index in [4.69, 9.17) is 5.14 Å². The summed E-state index contributed by atoms with van der Waals surface area (Å²) in [5, 5.41) is 11.8. The second-order valence-corrected chi connectivity index (χ2v) is 6.40. The molecule has 1 heterocycles. The van der Waals surface area contributed by atoms with Gasteiger partial charge in [-0.1, -0.05) is 0 Å². The van der Waals surface area contributed by atoms with Crippen LogP contribution in [0.2, 0.25) is 0 Å². The minimum Gasteiger partial charge on any atom is -0.321 e. The summed E-state index contributed by atoms with van der Waals surface area (Å²) in [5.41, 5.74) is 2.23. The van der Waals surface area contributed by atoms with Gasteiger partial charge in [-0.25, -0.2) is 13.6 Å². The quantitative estimate of drug-likeness (QED) is 0.879. The lowest BCUT2D eigenvalue weighted by molar-refractivity contribution is 0.102. The molecule has 0 aliphatic carbocycles. The van der Waals surface area contributed by atoms with Crippen LogP contribution in [0, 0.1) is 13.8 Å². The third-order valence-electron chi connectivity index (χ3n) is 3.04. The summed E-state index contributed by atoms with van der Waals surface area (Å²) in [6.45, 7) is 3.42. The van der Waals surface area contributed by atoms with Gasteiger partial charge in [0.05, 0.1) is 16.7 Å². The van der Waals surface area contributed by atoms with E-state index in [1.54, 1.807) is 27.1 Å². The minimum absolute atomic E-state index is 0.0249. The Hall–Kier alpha value is -2.19. The Kier molecular flexibility index (Phi) is 3.84. The maximum Gasteiger partial charge on any atom is 0.258 e. The molecule has 0 aliphatic rings. The molecule has 1 aromatic carbocycles. The summed E-state index contributed by atoms with van der Waals surface area (Å²) < 4.78 is 24.3. The number of aromatic nitrogens is 2. The Morgan fingerprint density at radius 1 is 1.29 bits per heavy atom. The van der Waals surface area contributed by atoms with Crippen LogP contribution in [0.5, 0.6) is 0 Å². The SMILES string of the molecule is Cc1cc(S(N)(=O)=O)cc(C)c1NC(=O)c1cnn(C)c1. The second kappa shape index (κ2) is 5.30. The molecule has 2 aromatic rings. The molecule has 0 fully saturated rings. The first-order valence-corrected chi connectivity index (χ1v) is 7.67. The van der Waals surface area contributed by atoms with Gasteiger partial charge >= 0.3 is 0 Å². The maximum atomic E-state index is 12.1. The highest BCUT2D eigenvalue weighted by Crippen LogP contribution is 2.24. The molecular weight excluding hydrogens is 292 g/mol. The van der Waals surface area contributed by atoms with Gasteiger partial charge in [0.2, 0.25) is 10.0 Å². The van der Waals surface area contributed by atoms with Crippen LogP contribution >= 0.6 is 0 Å². The number of nitrogens with one attached hydrogen (secondary N) is 1. The number of primary sulfonamides is 1. The summed E-state index contributed by atoms with van der Waals surface area (Å²) in [4.78, 5) is 12.1. The highest BCUT2D eigenvalue weighted by molar-refractivity contribution is 7.89. The number of sulfonamides is 1. The summed E-state index contributed by atoms with van der Waals surface area (Å²) in [5.74, 6) is -0.308. The van der Waals surface area contributed by atoms with E-state index in [1.807, 2.05) is 0 Å². The van der Waals surface area contributed by atoms with E-state index < -0.39 is 10.0 Å². The standard InChI is InChI=1S/C13H16N4O3S/c1-8-4-11(21(14,19)20)5-9(2)12(8)16-13(18)10-6-15-17(3)7-10/h4-7H,1-3H3,(H,16,18)(H2,14,19,20). The fraction of sp³-hybridized carbons (Fsp3) is 0.231. The molecule has 0 spiro atoms. The smallest absolute Gasteiger partial charge is 0.258 e. The zero-order valence-electron chi connectivity index (χ0n) is 11.9. The highest BCUT2D eigenvalue weighted by Gasteiger charge is 2.15. The zero-order chi connectivity index (χ0) is 15.8. The number of amides is 1. The van der Waals surface area contributed by atoms with Crippen molar-refractivity contribution in [3.05, 3.63) is 41.2 Å². The van der Waals surface area contributed by atoms with Gasteiger partial charge < -0.3 is 5.32 Å². The lowest BCUT2D eigenvalue weighted by atomic mass is 10.1. The first-order valence-electron chi connectivity index (χ1n) is 6.12. The van der Waals surface area contributed by atoms with Gasteiger partial charge in [0, 0.05) is 18.9 Å². The van der Waals surface area contributed by atoms with Crippen molar-refractivity contribution in [1.82, 2.24) is 9.78 Å². The minimum atomic E-state index is -3.77. The summed E-state index contributed by atoms with van der Waals surface area (Å²) in [6, 6.07) is 2.86. The molecule has 0 saturated heterocycles. The van der Waals surface area contributed by atoms with E-state index in [0.717, 1.165) is 0 Å². The van der Waals surface area contributed by atoms with Crippen LogP contribution in [0.15, 0.2) is 29.4 Å². The van der Waals surface area contributed by atoms with Crippen molar-refractivity contribution in [2.24, 2.45) is 12.2 Å². The molecule has 7 nitrogen and oxygen atoms in total. The first kappa shape index (κ1) is 15.2. The molecule has 1 aromatic heterocycles. The van der Waals surface area contributed by atoms with Gasteiger partial charge in [0.25, 0.3) is 5.91 Å². The monoisotopic (exact) mass is 308 g/mol. The molecule has 112 valence electrons. The Balaban J connectivity index is 2.35. The van der Waals surface area contributed by atoms with E-state index in [2.05, 4.69) is 10.4 Å². The number of carbonyl (C=O) groups excluding carboxylic acids is 1. The average molecular weight is 308 g/mol. The molecule has 0 bridgehead atoms. The van der Waals surface area contributed by atoms with E-state index in [9.17, 15) is 13.2 Å². The third kappa shape index (κ3) is 3.29. The van der Waals surface area contributed by atoms with E-state index in [-0.39, 0.29) is 10.8 Å². The normalized spacial score (nSPS) is 11.4. The number of rotatable bonds is 3. The lowest BCUT2D eigenvalue weighted by Crippen LogP contribution is -2.16. The molecule has 0 atom stereocenters. The number of carbonyl (C=O) groups is 1. The summed E-state index contributed by atoms with van der Waals surface area (Å²) in [6.07, 6.45) is 3.05. The van der Waals surface area contributed by atoms with Gasteiger partial charge in [-0.2, -0.15) is 5.10 Å². The van der Waals surface area contributed by atoms with E-state index in [1.165, 1.54) is 23.0 Å². The van der Waals surface area contributed by atoms with Crippen molar-refractivity contribution in [1.29, 1.82) is 0 Å². The zero-order valence-corrected chi connectivity index (χ0v) is 12.7. The summed E-state index contributed by atoms with van der Waals surface area (Å²) >= 11 is 0. The van der Waals surface area contributed by atoms with Crippen molar-refractivity contribution in [2.75, 3.05) is 5.32 Å². The molecule has 8 heteroatoms. The van der Waals surface area contributed by atoms with Crippen molar-refractivity contribution >= 4 is 21.6 Å². The van der Waals surface area contributed by atoms with Gasteiger partial charge in [-0.05, 0) is 37.1 Å². The van der Waals surface area contributed by atoms with Crippen molar-refractivity contribution < 1.29 is 13.2 Å².